The fraction of sp³-hybridized carbons (Fsp3) is 0.562. The molecule has 27 heavy (non-hydrogen) atoms. The van der Waals surface area contributed by atoms with Crippen LogP contribution in [0.15, 0.2) is 5.16 Å². The van der Waals surface area contributed by atoms with Gasteiger partial charge >= 0.3 is 6.18 Å². The van der Waals surface area contributed by atoms with Crippen molar-refractivity contribution in [1.29, 1.82) is 0 Å². The number of halogens is 4. The van der Waals surface area contributed by atoms with E-state index < -0.39 is 30.8 Å². The average Bonchev–Trinajstić information content (AvgIpc) is 3.32. The van der Waals surface area contributed by atoms with Crippen LogP contribution in [0, 0.1) is 0 Å². The standard InChI is InChI=1S/C16H17F4N3O3S/c17-4-5-21-12(24)7-22-15(25)14-9-3-1-2-8(9)13(27-14)10-6-11(26-23-10)16(18,19)20/h11H,1-7H2,(H,21,24)(H,22,25)/t11-/m1/s1. The number of carbonyl (C=O) groups is 2. The van der Waals surface area contributed by atoms with Crippen molar-refractivity contribution in [2.75, 3.05) is 19.8 Å². The Morgan fingerprint density at radius 1 is 1.22 bits per heavy atom. The third-order valence-electron chi connectivity index (χ3n) is 4.30. The van der Waals surface area contributed by atoms with Crippen molar-refractivity contribution in [3.63, 3.8) is 0 Å². The highest BCUT2D eigenvalue weighted by Gasteiger charge is 2.46. The van der Waals surface area contributed by atoms with Gasteiger partial charge in [-0.2, -0.15) is 13.2 Å². The first-order valence-corrected chi connectivity index (χ1v) is 9.18. The van der Waals surface area contributed by atoms with Crippen LogP contribution in [0.25, 0.3) is 0 Å². The lowest BCUT2D eigenvalue weighted by Gasteiger charge is -2.11. The summed E-state index contributed by atoms with van der Waals surface area (Å²) < 4.78 is 50.4. The summed E-state index contributed by atoms with van der Waals surface area (Å²) in [7, 11) is 0. The first-order valence-electron chi connectivity index (χ1n) is 8.36. The second kappa shape index (κ2) is 7.83. The number of alkyl halides is 4. The molecule has 2 heterocycles. The Hall–Kier alpha value is -2.17. The maximum atomic E-state index is 12.8. The number of carbonyl (C=O) groups excluding carboxylic acids is 2. The topological polar surface area (TPSA) is 79.8 Å². The molecule has 2 amide bonds. The molecule has 0 saturated heterocycles. The van der Waals surface area contributed by atoms with Gasteiger partial charge in [-0.1, -0.05) is 5.16 Å². The van der Waals surface area contributed by atoms with E-state index in [9.17, 15) is 27.2 Å². The normalized spacial score (nSPS) is 18.7. The summed E-state index contributed by atoms with van der Waals surface area (Å²) in [4.78, 5) is 29.3. The first-order chi connectivity index (χ1) is 12.8. The largest absolute Gasteiger partial charge is 0.428 e. The summed E-state index contributed by atoms with van der Waals surface area (Å²) in [6.45, 7) is -1.14. The average molecular weight is 407 g/mol. The minimum Gasteiger partial charge on any atom is -0.382 e. The smallest absolute Gasteiger partial charge is 0.382 e. The van der Waals surface area contributed by atoms with Crippen LogP contribution in [0.3, 0.4) is 0 Å². The molecule has 1 atom stereocenters. The highest BCUT2D eigenvalue weighted by Crippen LogP contribution is 2.39. The number of amides is 2. The minimum atomic E-state index is -4.50. The lowest BCUT2D eigenvalue weighted by atomic mass is 10.1. The summed E-state index contributed by atoms with van der Waals surface area (Å²) in [6, 6.07) is 0. The van der Waals surface area contributed by atoms with Gasteiger partial charge in [0.15, 0.2) is 0 Å². The van der Waals surface area contributed by atoms with Crippen LogP contribution < -0.4 is 10.6 Å². The SMILES string of the molecule is O=C(CNC(=O)c1sc(C2=NO[C@@H](C(F)(F)F)C2)c2c1CCC2)NCCF. The molecule has 3 rings (SSSR count). The fourth-order valence-electron chi connectivity index (χ4n) is 3.06. The minimum absolute atomic E-state index is 0.131. The molecule has 6 nitrogen and oxygen atoms in total. The van der Waals surface area contributed by atoms with E-state index >= 15 is 0 Å². The van der Waals surface area contributed by atoms with Crippen molar-refractivity contribution in [3.05, 3.63) is 20.9 Å². The van der Waals surface area contributed by atoms with E-state index in [-0.39, 0.29) is 25.2 Å². The number of nitrogens with zero attached hydrogens (tertiary/aromatic N) is 1. The summed E-state index contributed by atoms with van der Waals surface area (Å²) in [6.07, 6.45) is -4.77. The summed E-state index contributed by atoms with van der Waals surface area (Å²) >= 11 is 1.07. The van der Waals surface area contributed by atoms with Crippen LogP contribution in [0.5, 0.6) is 0 Å². The second-order valence-corrected chi connectivity index (χ2v) is 7.19. The molecule has 2 aliphatic rings. The Bertz CT molecular complexity index is 776. The van der Waals surface area contributed by atoms with Crippen molar-refractivity contribution in [2.24, 2.45) is 5.16 Å². The van der Waals surface area contributed by atoms with E-state index in [1.54, 1.807) is 0 Å². The van der Waals surface area contributed by atoms with Gasteiger partial charge in [0.05, 0.1) is 16.3 Å². The number of rotatable bonds is 6. The molecule has 11 heteroatoms. The number of hydrogen-bond donors (Lipinski definition) is 2. The van der Waals surface area contributed by atoms with Crippen LogP contribution in [0.2, 0.25) is 0 Å². The van der Waals surface area contributed by atoms with Crippen molar-refractivity contribution in [1.82, 2.24) is 10.6 Å². The molecule has 0 bridgehead atoms. The molecule has 1 aromatic rings. The van der Waals surface area contributed by atoms with Crippen LogP contribution >= 0.6 is 11.3 Å². The monoisotopic (exact) mass is 407 g/mol. The molecule has 2 N–H and O–H groups in total. The zero-order valence-corrected chi connectivity index (χ0v) is 14.9. The van der Waals surface area contributed by atoms with Crippen LogP contribution in [-0.4, -0.2) is 49.6 Å². The van der Waals surface area contributed by atoms with Crippen molar-refractivity contribution in [3.8, 4) is 0 Å². The zero-order chi connectivity index (χ0) is 19.6. The van der Waals surface area contributed by atoms with Gasteiger partial charge in [0, 0.05) is 13.0 Å². The molecule has 0 aromatic carbocycles. The number of nitrogens with one attached hydrogen (secondary N) is 2. The van der Waals surface area contributed by atoms with Gasteiger partial charge in [-0.25, -0.2) is 4.39 Å². The Kier molecular flexibility index (Phi) is 5.68. The van der Waals surface area contributed by atoms with Gasteiger partial charge < -0.3 is 15.5 Å². The molecule has 0 radical (unpaired) electrons. The molecule has 148 valence electrons. The number of fused-ring (bicyclic) bond motifs is 1. The first kappa shape index (κ1) is 19.6. The van der Waals surface area contributed by atoms with E-state index in [0.29, 0.717) is 22.6 Å². The van der Waals surface area contributed by atoms with Gasteiger partial charge in [-0.3, -0.25) is 9.59 Å². The molecule has 0 fully saturated rings. The van der Waals surface area contributed by atoms with E-state index in [0.717, 1.165) is 28.9 Å². The van der Waals surface area contributed by atoms with Crippen molar-refractivity contribution < 1.29 is 32.0 Å². The molecule has 0 spiro atoms. The summed E-state index contributed by atoms with van der Waals surface area (Å²) in [5.74, 6) is -0.998. The highest BCUT2D eigenvalue weighted by molar-refractivity contribution is 7.16. The Morgan fingerprint density at radius 3 is 2.63 bits per heavy atom. The van der Waals surface area contributed by atoms with Gasteiger partial charge in [0.2, 0.25) is 12.0 Å². The van der Waals surface area contributed by atoms with Gasteiger partial charge in [-0.15, -0.1) is 11.3 Å². The Balaban J connectivity index is 1.73. The molecular weight excluding hydrogens is 390 g/mol. The molecule has 0 saturated carbocycles. The Morgan fingerprint density at radius 2 is 1.96 bits per heavy atom. The van der Waals surface area contributed by atoms with E-state index in [1.807, 2.05) is 0 Å². The summed E-state index contributed by atoms with van der Waals surface area (Å²) in [5, 5.41) is 8.34. The van der Waals surface area contributed by atoms with Crippen LogP contribution in [-0.2, 0) is 22.5 Å². The molecule has 1 aliphatic carbocycles. The molecule has 1 aliphatic heterocycles. The third-order valence-corrected chi connectivity index (χ3v) is 5.62. The zero-order valence-electron chi connectivity index (χ0n) is 14.1. The van der Waals surface area contributed by atoms with Crippen molar-refractivity contribution in [2.45, 2.75) is 38.0 Å². The van der Waals surface area contributed by atoms with Gasteiger partial charge in [-0.05, 0) is 30.4 Å². The fourth-order valence-corrected chi connectivity index (χ4v) is 4.37. The lowest BCUT2D eigenvalue weighted by Crippen LogP contribution is -2.37. The molecular formula is C16H17F4N3O3S. The van der Waals surface area contributed by atoms with E-state index in [1.165, 1.54) is 0 Å². The Labute approximate surface area is 155 Å². The maximum Gasteiger partial charge on any atom is 0.428 e. The van der Waals surface area contributed by atoms with Crippen LogP contribution in [0.4, 0.5) is 17.6 Å². The highest BCUT2D eigenvalue weighted by atomic mass is 32.1. The molecule has 1 aromatic heterocycles. The van der Waals surface area contributed by atoms with E-state index in [2.05, 4.69) is 20.6 Å². The predicted molar refractivity (Wildman–Crippen MR) is 89.7 cm³/mol. The van der Waals surface area contributed by atoms with Gasteiger partial charge in [0.1, 0.15) is 12.4 Å². The number of thiophene rings is 1. The lowest BCUT2D eigenvalue weighted by molar-refractivity contribution is -0.212. The summed E-state index contributed by atoms with van der Waals surface area (Å²) in [5.41, 5.74) is 1.81. The van der Waals surface area contributed by atoms with E-state index in [4.69, 9.17) is 0 Å². The molecule has 0 unspecified atom stereocenters. The second-order valence-electron chi connectivity index (χ2n) is 6.17. The van der Waals surface area contributed by atoms with Crippen molar-refractivity contribution >= 4 is 28.9 Å². The van der Waals surface area contributed by atoms with Crippen LogP contribution in [0.1, 0.15) is 38.5 Å². The predicted octanol–water partition coefficient (Wildman–Crippen LogP) is 2.11. The quantitative estimate of drug-likeness (QED) is 0.709. The maximum absolute atomic E-state index is 12.8. The number of hydrogen-bond acceptors (Lipinski definition) is 5. The third kappa shape index (κ3) is 4.23. The van der Waals surface area contributed by atoms with Gasteiger partial charge in [0.25, 0.3) is 5.91 Å². The number of oxime groups is 1.